The van der Waals surface area contributed by atoms with E-state index in [-0.39, 0.29) is 12.5 Å². The van der Waals surface area contributed by atoms with E-state index in [2.05, 4.69) is 5.32 Å². The Labute approximate surface area is 124 Å². The second-order valence-electron chi connectivity index (χ2n) is 4.81. The van der Waals surface area contributed by atoms with Crippen LogP contribution in [-0.4, -0.2) is 19.6 Å². The lowest BCUT2D eigenvalue weighted by Gasteiger charge is -2.12. The fourth-order valence-electron chi connectivity index (χ4n) is 1.94. The van der Waals surface area contributed by atoms with Crippen LogP contribution in [0.3, 0.4) is 0 Å². The zero-order valence-electron chi connectivity index (χ0n) is 12.5. The molecule has 0 aromatic heterocycles. The van der Waals surface area contributed by atoms with E-state index >= 15 is 0 Å². The number of methoxy groups -OCH3 is 1. The summed E-state index contributed by atoms with van der Waals surface area (Å²) >= 11 is 0. The van der Waals surface area contributed by atoms with E-state index in [4.69, 9.17) is 9.47 Å². The molecule has 1 amide bonds. The quantitative estimate of drug-likeness (QED) is 0.916. The molecule has 0 unspecified atom stereocenters. The third-order valence-corrected chi connectivity index (χ3v) is 3.10. The number of nitrogens with one attached hydrogen (secondary N) is 1. The molecule has 2 aromatic rings. The number of ether oxygens (including phenoxy) is 2. The van der Waals surface area contributed by atoms with Crippen LogP contribution < -0.4 is 14.8 Å². The van der Waals surface area contributed by atoms with Gasteiger partial charge in [-0.25, -0.2) is 0 Å². The van der Waals surface area contributed by atoms with Gasteiger partial charge in [-0.3, -0.25) is 4.79 Å². The van der Waals surface area contributed by atoms with Crippen molar-refractivity contribution in [1.29, 1.82) is 0 Å². The minimum Gasteiger partial charge on any atom is -0.493 e. The number of para-hydroxylation sites is 1. The second kappa shape index (κ2) is 6.79. The Morgan fingerprint density at radius 2 is 1.86 bits per heavy atom. The second-order valence-corrected chi connectivity index (χ2v) is 4.81. The van der Waals surface area contributed by atoms with Crippen molar-refractivity contribution in [1.82, 2.24) is 0 Å². The third-order valence-electron chi connectivity index (χ3n) is 3.10. The van der Waals surface area contributed by atoms with E-state index in [1.165, 1.54) is 0 Å². The van der Waals surface area contributed by atoms with Crippen LogP contribution >= 0.6 is 0 Å². The van der Waals surface area contributed by atoms with Crippen molar-refractivity contribution >= 4 is 11.6 Å². The minimum absolute atomic E-state index is 0.0618. The smallest absolute Gasteiger partial charge is 0.262 e. The number of carbonyl (C=O) groups excluding carboxylic acids is 1. The number of anilines is 1. The molecule has 4 heteroatoms. The summed E-state index contributed by atoms with van der Waals surface area (Å²) in [6, 6.07) is 13.2. The van der Waals surface area contributed by atoms with E-state index in [1.54, 1.807) is 13.2 Å². The Morgan fingerprint density at radius 3 is 2.57 bits per heavy atom. The lowest BCUT2D eigenvalue weighted by Crippen LogP contribution is -2.20. The van der Waals surface area contributed by atoms with E-state index in [1.807, 2.05) is 50.2 Å². The predicted molar refractivity (Wildman–Crippen MR) is 83.0 cm³/mol. The summed E-state index contributed by atoms with van der Waals surface area (Å²) in [7, 11) is 1.58. The molecule has 0 heterocycles. The molecule has 1 N–H and O–H groups in total. The van der Waals surface area contributed by atoms with Crippen LogP contribution in [0.5, 0.6) is 11.5 Å². The number of hydrogen-bond acceptors (Lipinski definition) is 3. The van der Waals surface area contributed by atoms with Crippen LogP contribution in [0.15, 0.2) is 42.5 Å². The predicted octanol–water partition coefficient (Wildman–Crippen LogP) is 3.33. The largest absolute Gasteiger partial charge is 0.493 e. The van der Waals surface area contributed by atoms with Crippen molar-refractivity contribution in [2.24, 2.45) is 0 Å². The van der Waals surface area contributed by atoms with Gasteiger partial charge in [0.15, 0.2) is 18.1 Å². The molecule has 21 heavy (non-hydrogen) atoms. The Kier molecular flexibility index (Phi) is 4.82. The standard InChI is InChI=1S/C17H19NO3/c1-12-8-9-15(16(10-12)20-3)21-11-17(19)18-14-7-5-4-6-13(14)2/h4-10H,11H2,1-3H3,(H,18,19). The molecule has 0 saturated carbocycles. The molecule has 0 radical (unpaired) electrons. The highest BCUT2D eigenvalue weighted by atomic mass is 16.5. The van der Waals surface area contributed by atoms with Gasteiger partial charge in [-0.1, -0.05) is 24.3 Å². The van der Waals surface area contributed by atoms with E-state index in [9.17, 15) is 4.79 Å². The summed E-state index contributed by atoms with van der Waals surface area (Å²) in [6.45, 7) is 3.85. The molecule has 4 nitrogen and oxygen atoms in total. The molecule has 110 valence electrons. The van der Waals surface area contributed by atoms with Gasteiger partial charge in [-0.05, 0) is 43.2 Å². The highest BCUT2D eigenvalue weighted by molar-refractivity contribution is 5.92. The molecular weight excluding hydrogens is 266 g/mol. The monoisotopic (exact) mass is 285 g/mol. The molecular formula is C17H19NO3. The van der Waals surface area contributed by atoms with E-state index < -0.39 is 0 Å². The lowest BCUT2D eigenvalue weighted by atomic mass is 10.2. The van der Waals surface area contributed by atoms with Gasteiger partial charge >= 0.3 is 0 Å². The first-order valence-electron chi connectivity index (χ1n) is 6.73. The van der Waals surface area contributed by atoms with Crippen molar-refractivity contribution < 1.29 is 14.3 Å². The topological polar surface area (TPSA) is 47.6 Å². The molecule has 0 saturated heterocycles. The first-order valence-corrected chi connectivity index (χ1v) is 6.73. The first kappa shape index (κ1) is 14.9. The van der Waals surface area contributed by atoms with Gasteiger partial charge in [0.1, 0.15) is 0 Å². The summed E-state index contributed by atoms with van der Waals surface area (Å²) in [5, 5.41) is 2.82. The van der Waals surface area contributed by atoms with Gasteiger partial charge in [0.2, 0.25) is 0 Å². The number of hydrogen-bond donors (Lipinski definition) is 1. The molecule has 0 bridgehead atoms. The van der Waals surface area contributed by atoms with Gasteiger partial charge in [-0.2, -0.15) is 0 Å². The maximum atomic E-state index is 11.9. The fraction of sp³-hybridized carbons (Fsp3) is 0.235. The Morgan fingerprint density at radius 1 is 1.10 bits per heavy atom. The molecule has 2 rings (SSSR count). The fourth-order valence-corrected chi connectivity index (χ4v) is 1.94. The lowest BCUT2D eigenvalue weighted by molar-refractivity contribution is -0.118. The van der Waals surface area contributed by atoms with E-state index in [0.29, 0.717) is 11.5 Å². The average Bonchev–Trinajstić information content (AvgIpc) is 2.48. The summed E-state index contributed by atoms with van der Waals surface area (Å²) < 4.78 is 10.8. The SMILES string of the molecule is COc1cc(C)ccc1OCC(=O)Nc1ccccc1C. The van der Waals surface area contributed by atoms with Gasteiger partial charge in [0.25, 0.3) is 5.91 Å². The average molecular weight is 285 g/mol. The van der Waals surface area contributed by atoms with Gasteiger partial charge in [0.05, 0.1) is 7.11 Å². The molecule has 2 aromatic carbocycles. The van der Waals surface area contributed by atoms with Crippen molar-refractivity contribution in [3.8, 4) is 11.5 Å². The Hall–Kier alpha value is -2.49. The number of amides is 1. The van der Waals surface area contributed by atoms with Crippen molar-refractivity contribution in [2.75, 3.05) is 19.0 Å². The summed E-state index contributed by atoms with van der Waals surface area (Å²) in [5.74, 6) is 0.980. The molecule has 0 atom stereocenters. The van der Waals surface area contributed by atoms with Crippen LogP contribution in [0, 0.1) is 13.8 Å². The molecule has 0 aliphatic rings. The van der Waals surface area contributed by atoms with Gasteiger partial charge in [0, 0.05) is 5.69 Å². The van der Waals surface area contributed by atoms with Gasteiger partial charge < -0.3 is 14.8 Å². The molecule has 0 fully saturated rings. The summed E-state index contributed by atoms with van der Waals surface area (Å²) in [4.78, 5) is 11.9. The van der Waals surface area contributed by atoms with Crippen LogP contribution in [0.2, 0.25) is 0 Å². The van der Waals surface area contributed by atoms with Crippen molar-refractivity contribution in [2.45, 2.75) is 13.8 Å². The zero-order chi connectivity index (χ0) is 15.2. The number of carbonyl (C=O) groups is 1. The first-order chi connectivity index (χ1) is 10.1. The number of rotatable bonds is 5. The van der Waals surface area contributed by atoms with Crippen LogP contribution in [0.25, 0.3) is 0 Å². The van der Waals surface area contributed by atoms with Gasteiger partial charge in [-0.15, -0.1) is 0 Å². The molecule has 0 aliphatic heterocycles. The highest BCUT2D eigenvalue weighted by Gasteiger charge is 2.08. The third kappa shape index (κ3) is 3.99. The van der Waals surface area contributed by atoms with Crippen LogP contribution in [-0.2, 0) is 4.79 Å². The number of benzene rings is 2. The van der Waals surface area contributed by atoms with Crippen molar-refractivity contribution in [3.05, 3.63) is 53.6 Å². The molecule has 0 spiro atoms. The Balaban J connectivity index is 1.97. The number of aryl methyl sites for hydroxylation is 2. The molecule has 0 aliphatic carbocycles. The Bertz CT molecular complexity index is 638. The zero-order valence-corrected chi connectivity index (χ0v) is 12.5. The normalized spacial score (nSPS) is 10.0. The van der Waals surface area contributed by atoms with E-state index in [0.717, 1.165) is 16.8 Å². The highest BCUT2D eigenvalue weighted by Crippen LogP contribution is 2.27. The van der Waals surface area contributed by atoms with Crippen LogP contribution in [0.1, 0.15) is 11.1 Å². The van der Waals surface area contributed by atoms with Crippen LogP contribution in [0.4, 0.5) is 5.69 Å². The summed E-state index contributed by atoms with van der Waals surface area (Å²) in [5.41, 5.74) is 2.88. The maximum absolute atomic E-state index is 11.9. The maximum Gasteiger partial charge on any atom is 0.262 e. The summed E-state index contributed by atoms with van der Waals surface area (Å²) in [6.07, 6.45) is 0. The van der Waals surface area contributed by atoms with Crippen molar-refractivity contribution in [3.63, 3.8) is 0 Å². The minimum atomic E-state index is -0.202.